The van der Waals surface area contributed by atoms with Gasteiger partial charge in [-0.3, -0.25) is 37.3 Å². The van der Waals surface area contributed by atoms with Gasteiger partial charge in [0.1, 0.15) is 19.3 Å². The number of aliphatic hydroxyl groups excluding tert-OH is 1. The number of carbonyl (C=O) groups is 4. The molecule has 0 aliphatic carbocycles. The lowest BCUT2D eigenvalue weighted by Gasteiger charge is -2.21. The predicted molar refractivity (Wildman–Crippen MR) is 391 cm³/mol. The van der Waals surface area contributed by atoms with Crippen LogP contribution >= 0.6 is 15.6 Å². The van der Waals surface area contributed by atoms with Gasteiger partial charge < -0.3 is 33.8 Å². The van der Waals surface area contributed by atoms with Crippen LogP contribution in [0.1, 0.15) is 401 Å². The number of phosphoric acid groups is 2. The van der Waals surface area contributed by atoms with E-state index in [1.807, 2.05) is 0 Å². The average molecular weight is 1410 g/mol. The van der Waals surface area contributed by atoms with Gasteiger partial charge in [0, 0.05) is 25.7 Å². The smallest absolute Gasteiger partial charge is 0.462 e. The second-order valence-corrected chi connectivity index (χ2v) is 31.6. The lowest BCUT2D eigenvalue weighted by atomic mass is 10.0. The normalized spacial score (nSPS) is 14.0. The van der Waals surface area contributed by atoms with Gasteiger partial charge in [0.15, 0.2) is 12.2 Å². The maximum absolute atomic E-state index is 13.1. The molecule has 0 saturated heterocycles. The molecular weight excluding hydrogens is 1260 g/mol. The highest BCUT2D eigenvalue weighted by atomic mass is 31.2. The average Bonchev–Trinajstić information content (AvgIpc) is 1.16. The van der Waals surface area contributed by atoms with Crippen molar-refractivity contribution in [1.82, 2.24) is 0 Å². The molecule has 0 bridgehead atoms. The van der Waals surface area contributed by atoms with E-state index in [1.54, 1.807) is 0 Å². The number of carbonyl (C=O) groups excluding carboxylic acids is 4. The van der Waals surface area contributed by atoms with Gasteiger partial charge in [-0.2, -0.15) is 0 Å². The predicted octanol–water partition coefficient (Wildman–Crippen LogP) is 22.7. The minimum absolute atomic E-state index is 0.106. The van der Waals surface area contributed by atoms with Crippen LogP contribution in [0, 0.1) is 11.8 Å². The Morgan fingerprint density at radius 1 is 0.281 bits per heavy atom. The molecule has 0 aromatic carbocycles. The number of rotatable bonds is 76. The van der Waals surface area contributed by atoms with Crippen LogP contribution in [0.2, 0.25) is 0 Å². The number of hydrogen-bond acceptors (Lipinski definition) is 15. The Kier molecular flexibility index (Phi) is 67.4. The van der Waals surface area contributed by atoms with Crippen LogP contribution in [0.25, 0.3) is 0 Å². The van der Waals surface area contributed by atoms with Gasteiger partial charge in [-0.05, 0) is 37.5 Å². The van der Waals surface area contributed by atoms with Crippen molar-refractivity contribution in [1.29, 1.82) is 0 Å². The Balaban J connectivity index is 5.11. The van der Waals surface area contributed by atoms with Gasteiger partial charge in [-0.1, -0.05) is 350 Å². The lowest BCUT2D eigenvalue weighted by Crippen LogP contribution is -2.30. The summed E-state index contributed by atoms with van der Waals surface area (Å²) in [5.74, 6) is -0.493. The summed E-state index contributed by atoms with van der Waals surface area (Å²) in [6.07, 6.45) is 57.4. The third kappa shape index (κ3) is 70.5. The molecule has 96 heavy (non-hydrogen) atoms. The highest BCUT2D eigenvalue weighted by molar-refractivity contribution is 7.47. The first-order valence-corrected chi connectivity index (χ1v) is 43.0. The van der Waals surface area contributed by atoms with Gasteiger partial charge in [0.2, 0.25) is 0 Å². The van der Waals surface area contributed by atoms with Crippen LogP contribution in [-0.2, 0) is 65.4 Å². The first-order chi connectivity index (χ1) is 46.4. The van der Waals surface area contributed by atoms with Crippen molar-refractivity contribution in [2.24, 2.45) is 11.8 Å². The van der Waals surface area contributed by atoms with E-state index in [4.69, 9.17) is 37.0 Å². The molecule has 17 nitrogen and oxygen atoms in total. The third-order valence-corrected chi connectivity index (χ3v) is 19.9. The van der Waals surface area contributed by atoms with E-state index in [1.165, 1.54) is 212 Å². The molecule has 5 atom stereocenters. The Bertz CT molecular complexity index is 1860. The first-order valence-electron chi connectivity index (χ1n) is 40.0. The molecule has 19 heteroatoms. The molecule has 0 radical (unpaired) electrons. The Morgan fingerprint density at radius 2 is 0.479 bits per heavy atom. The van der Waals surface area contributed by atoms with E-state index >= 15 is 0 Å². The summed E-state index contributed by atoms with van der Waals surface area (Å²) < 4.78 is 68.3. The molecule has 0 aliphatic rings. The number of esters is 4. The summed E-state index contributed by atoms with van der Waals surface area (Å²) in [7, 11) is -9.90. The number of ether oxygens (including phenoxy) is 4. The second kappa shape index (κ2) is 68.8. The van der Waals surface area contributed by atoms with Crippen molar-refractivity contribution < 1.29 is 80.2 Å². The van der Waals surface area contributed by atoms with Crippen molar-refractivity contribution in [2.75, 3.05) is 39.6 Å². The number of phosphoric ester groups is 2. The molecule has 570 valence electrons. The minimum atomic E-state index is -4.96. The zero-order valence-corrected chi connectivity index (χ0v) is 64.5. The van der Waals surface area contributed by atoms with Crippen molar-refractivity contribution in [3.8, 4) is 0 Å². The van der Waals surface area contributed by atoms with Crippen LogP contribution in [0.4, 0.5) is 0 Å². The third-order valence-electron chi connectivity index (χ3n) is 18.0. The molecule has 0 rings (SSSR count). The van der Waals surface area contributed by atoms with E-state index in [-0.39, 0.29) is 25.7 Å². The van der Waals surface area contributed by atoms with Crippen LogP contribution in [0.3, 0.4) is 0 Å². The highest BCUT2D eigenvalue weighted by Crippen LogP contribution is 2.45. The van der Waals surface area contributed by atoms with Crippen molar-refractivity contribution in [2.45, 2.75) is 419 Å². The summed E-state index contributed by atoms with van der Waals surface area (Å²) in [6.45, 7) is 9.57. The number of unbranched alkanes of at least 4 members (excludes halogenated alkanes) is 46. The molecule has 0 aliphatic heterocycles. The van der Waals surface area contributed by atoms with E-state index < -0.39 is 97.5 Å². The summed E-state index contributed by atoms with van der Waals surface area (Å²) in [4.78, 5) is 72.5. The highest BCUT2D eigenvalue weighted by Gasteiger charge is 2.30. The van der Waals surface area contributed by atoms with Crippen LogP contribution in [0.5, 0.6) is 0 Å². The van der Waals surface area contributed by atoms with E-state index in [2.05, 4.69) is 41.5 Å². The zero-order chi connectivity index (χ0) is 70.7. The Hall–Kier alpha value is -1.94. The SMILES string of the molecule is CCCCCCCCCCCCCC(=O)O[C@H](COC(=O)CCCCCCC)COP(=O)(O)OC[C@H](O)COP(=O)(O)OC[C@@H](COC(=O)CCCCCCCCCCCCCCCCCCC(C)C)OC(=O)CCCCCCCCCCCCCCCCCCCCC(C)C. The molecule has 0 fully saturated rings. The molecule has 0 spiro atoms. The van der Waals surface area contributed by atoms with Gasteiger partial charge in [0.25, 0.3) is 0 Å². The fourth-order valence-corrected chi connectivity index (χ4v) is 13.4. The first kappa shape index (κ1) is 94.1. The standard InChI is InChI=1S/C77H150O17P2/c1-7-9-11-13-14-15-30-38-43-49-55-61-76(81)93-72(65-87-74(79)59-53-45-12-10-8-2)67-91-95(83,84)89-63-71(78)64-90-96(85,86)92-68-73(66-88-75(80)60-54-48-42-37-33-28-24-21-20-23-27-32-36-41-47-52-58-70(5)6)94-77(82)62-56-50-44-39-34-29-25-19-17-16-18-22-26-31-35-40-46-51-57-69(3)4/h69-73,78H,7-68H2,1-6H3,(H,83,84)(H,85,86)/t71-,72+,73+/m0/s1. The van der Waals surface area contributed by atoms with E-state index in [9.17, 15) is 43.2 Å². The molecule has 2 unspecified atom stereocenters. The Morgan fingerprint density at radius 3 is 0.708 bits per heavy atom. The molecule has 0 aromatic rings. The van der Waals surface area contributed by atoms with Crippen molar-refractivity contribution in [3.63, 3.8) is 0 Å². The molecule has 0 saturated carbocycles. The van der Waals surface area contributed by atoms with Crippen molar-refractivity contribution >= 4 is 39.5 Å². The lowest BCUT2D eigenvalue weighted by molar-refractivity contribution is -0.161. The maximum atomic E-state index is 13.1. The molecule has 0 amide bonds. The van der Waals surface area contributed by atoms with Gasteiger partial charge in [-0.15, -0.1) is 0 Å². The second-order valence-electron chi connectivity index (χ2n) is 28.7. The molecule has 0 heterocycles. The van der Waals surface area contributed by atoms with Gasteiger partial charge in [0.05, 0.1) is 26.4 Å². The van der Waals surface area contributed by atoms with E-state index in [0.717, 1.165) is 108 Å². The minimum Gasteiger partial charge on any atom is -0.462 e. The summed E-state index contributed by atoms with van der Waals surface area (Å²) in [5.41, 5.74) is 0. The van der Waals surface area contributed by atoms with Crippen molar-refractivity contribution in [3.05, 3.63) is 0 Å². The fraction of sp³-hybridized carbons (Fsp3) is 0.948. The van der Waals surface area contributed by atoms with E-state index in [0.29, 0.717) is 25.7 Å². The zero-order valence-electron chi connectivity index (χ0n) is 62.7. The summed E-state index contributed by atoms with van der Waals surface area (Å²) in [6, 6.07) is 0. The number of hydrogen-bond donors (Lipinski definition) is 3. The molecular formula is C77H150O17P2. The maximum Gasteiger partial charge on any atom is 0.472 e. The topological polar surface area (TPSA) is 237 Å². The summed E-state index contributed by atoms with van der Waals surface area (Å²) in [5, 5.41) is 10.6. The van der Waals surface area contributed by atoms with Crippen LogP contribution in [0.15, 0.2) is 0 Å². The van der Waals surface area contributed by atoms with Gasteiger partial charge in [-0.25, -0.2) is 9.13 Å². The largest absolute Gasteiger partial charge is 0.472 e. The Labute approximate surface area is 588 Å². The fourth-order valence-electron chi connectivity index (χ4n) is 11.8. The van der Waals surface area contributed by atoms with Gasteiger partial charge >= 0.3 is 39.5 Å². The van der Waals surface area contributed by atoms with Crippen LogP contribution < -0.4 is 0 Å². The molecule has 3 N–H and O–H groups in total. The molecule has 0 aromatic heterocycles. The van der Waals surface area contributed by atoms with Crippen LogP contribution in [-0.4, -0.2) is 96.7 Å². The quantitative estimate of drug-likeness (QED) is 0.0222. The monoisotopic (exact) mass is 1410 g/mol. The number of aliphatic hydroxyl groups is 1. The summed E-state index contributed by atoms with van der Waals surface area (Å²) >= 11 is 0.